The summed E-state index contributed by atoms with van der Waals surface area (Å²) in [6.07, 6.45) is 1.13. The summed E-state index contributed by atoms with van der Waals surface area (Å²) in [5, 5.41) is 3.04. The quantitative estimate of drug-likeness (QED) is 0.840. The molecule has 7 heteroatoms. The lowest BCUT2D eigenvalue weighted by Crippen LogP contribution is -2.17. The molecular formula is C17H15F3N2O2. The van der Waals surface area contributed by atoms with Crippen molar-refractivity contribution in [1.82, 2.24) is 4.98 Å². The van der Waals surface area contributed by atoms with E-state index in [4.69, 9.17) is 0 Å². The second-order valence-corrected chi connectivity index (χ2v) is 5.54. The van der Waals surface area contributed by atoms with Gasteiger partial charge in [-0.05, 0) is 48.9 Å². The Balaban J connectivity index is 1.89. The molecule has 1 aromatic carbocycles. The number of ether oxygens (including phenoxy) is 1. The van der Waals surface area contributed by atoms with Crippen LogP contribution in [0, 0.1) is 0 Å². The van der Waals surface area contributed by atoms with E-state index in [1.807, 2.05) is 0 Å². The van der Waals surface area contributed by atoms with Crippen LogP contribution >= 0.6 is 0 Å². The van der Waals surface area contributed by atoms with Gasteiger partial charge in [0.15, 0.2) is 6.29 Å². The van der Waals surface area contributed by atoms with E-state index in [9.17, 15) is 18.0 Å². The first-order valence-corrected chi connectivity index (χ1v) is 7.55. The number of carbonyl (C=O) groups excluding carboxylic acids is 1. The third-order valence-corrected chi connectivity index (χ3v) is 3.89. The Hall–Kier alpha value is -2.57. The average molecular weight is 336 g/mol. The molecule has 1 aromatic heterocycles. The zero-order valence-electron chi connectivity index (χ0n) is 12.7. The zero-order valence-corrected chi connectivity index (χ0v) is 12.7. The SMILES string of the molecule is O=Cc1cnc(Nc2cccc(OC(F)(F)F)c2)c2c1CCCC2. The molecule has 1 N–H and O–H groups in total. The van der Waals surface area contributed by atoms with Crippen molar-refractivity contribution in [3.63, 3.8) is 0 Å². The third kappa shape index (κ3) is 3.67. The van der Waals surface area contributed by atoms with Gasteiger partial charge in [-0.1, -0.05) is 6.07 Å². The van der Waals surface area contributed by atoms with Gasteiger partial charge in [-0.25, -0.2) is 4.98 Å². The number of carbonyl (C=O) groups is 1. The second-order valence-electron chi connectivity index (χ2n) is 5.54. The summed E-state index contributed by atoms with van der Waals surface area (Å²) in [4.78, 5) is 15.4. The molecule has 0 saturated heterocycles. The summed E-state index contributed by atoms with van der Waals surface area (Å²) in [7, 11) is 0. The summed E-state index contributed by atoms with van der Waals surface area (Å²) >= 11 is 0. The molecule has 0 atom stereocenters. The standard InChI is InChI=1S/C17H15F3N2O2/c18-17(19,20)24-13-5-3-4-12(8-13)22-16-15-7-2-1-6-14(15)11(10-23)9-21-16/h3-5,8-10H,1-2,6-7H2,(H,21,22). The van der Waals surface area contributed by atoms with Crippen LogP contribution in [0.15, 0.2) is 30.5 Å². The lowest BCUT2D eigenvalue weighted by molar-refractivity contribution is -0.274. The summed E-state index contributed by atoms with van der Waals surface area (Å²) in [5.74, 6) is 0.269. The van der Waals surface area contributed by atoms with Gasteiger partial charge < -0.3 is 10.1 Å². The number of pyridine rings is 1. The minimum absolute atomic E-state index is 0.300. The van der Waals surface area contributed by atoms with Gasteiger partial charge in [-0.3, -0.25) is 4.79 Å². The maximum absolute atomic E-state index is 12.3. The number of nitrogens with one attached hydrogen (secondary N) is 1. The molecule has 1 aliphatic carbocycles. The number of hydrogen-bond donors (Lipinski definition) is 1. The van der Waals surface area contributed by atoms with E-state index in [1.165, 1.54) is 24.4 Å². The Morgan fingerprint density at radius 2 is 1.92 bits per heavy atom. The summed E-state index contributed by atoms with van der Waals surface area (Å²) in [6.45, 7) is 0. The molecule has 3 rings (SSSR count). The molecule has 0 saturated carbocycles. The Morgan fingerprint density at radius 1 is 1.17 bits per heavy atom. The number of nitrogens with zero attached hydrogens (tertiary/aromatic N) is 1. The second kappa shape index (κ2) is 6.51. The average Bonchev–Trinajstić information content (AvgIpc) is 2.54. The highest BCUT2D eigenvalue weighted by Gasteiger charge is 2.31. The van der Waals surface area contributed by atoms with Crippen molar-refractivity contribution in [3.05, 3.63) is 47.2 Å². The van der Waals surface area contributed by atoms with Crippen molar-refractivity contribution >= 4 is 17.8 Å². The van der Waals surface area contributed by atoms with Crippen molar-refractivity contribution in [2.75, 3.05) is 5.32 Å². The monoisotopic (exact) mass is 336 g/mol. The molecule has 0 bridgehead atoms. The number of alkyl halides is 3. The third-order valence-electron chi connectivity index (χ3n) is 3.89. The molecule has 0 amide bonds. The first kappa shape index (κ1) is 16.3. The van der Waals surface area contributed by atoms with Crippen LogP contribution in [0.4, 0.5) is 24.7 Å². The van der Waals surface area contributed by atoms with Crippen molar-refractivity contribution in [3.8, 4) is 5.75 Å². The molecule has 1 aliphatic rings. The molecule has 126 valence electrons. The topological polar surface area (TPSA) is 51.2 Å². The summed E-state index contributed by atoms with van der Waals surface area (Å²) < 4.78 is 40.9. The number of hydrogen-bond acceptors (Lipinski definition) is 4. The predicted octanol–water partition coefficient (Wildman–Crippen LogP) is 4.42. The fourth-order valence-corrected chi connectivity index (χ4v) is 2.89. The number of aromatic nitrogens is 1. The largest absolute Gasteiger partial charge is 0.573 e. The highest BCUT2D eigenvalue weighted by molar-refractivity contribution is 5.79. The molecular weight excluding hydrogens is 321 g/mol. The van der Waals surface area contributed by atoms with Crippen LogP contribution < -0.4 is 10.1 Å². The van der Waals surface area contributed by atoms with Gasteiger partial charge in [0.25, 0.3) is 0 Å². The van der Waals surface area contributed by atoms with Crippen LogP contribution in [-0.2, 0) is 12.8 Å². The van der Waals surface area contributed by atoms with Crippen LogP contribution in [0.25, 0.3) is 0 Å². The Kier molecular flexibility index (Phi) is 4.42. The Morgan fingerprint density at radius 3 is 2.62 bits per heavy atom. The van der Waals surface area contributed by atoms with Crippen molar-refractivity contribution in [2.24, 2.45) is 0 Å². The smallest absolute Gasteiger partial charge is 0.406 e. The normalized spacial score (nSPS) is 14.0. The van der Waals surface area contributed by atoms with E-state index in [2.05, 4.69) is 15.0 Å². The number of aldehydes is 1. The fraction of sp³-hybridized carbons (Fsp3) is 0.294. The van der Waals surface area contributed by atoms with Crippen LogP contribution in [-0.4, -0.2) is 17.6 Å². The molecule has 0 fully saturated rings. The Bertz CT molecular complexity index is 760. The van der Waals surface area contributed by atoms with Gasteiger partial charge in [-0.15, -0.1) is 13.2 Å². The van der Waals surface area contributed by atoms with Crippen LogP contribution in [0.5, 0.6) is 5.75 Å². The van der Waals surface area contributed by atoms with Gasteiger partial charge >= 0.3 is 6.36 Å². The maximum Gasteiger partial charge on any atom is 0.573 e. The van der Waals surface area contributed by atoms with E-state index >= 15 is 0 Å². The maximum atomic E-state index is 12.3. The first-order chi connectivity index (χ1) is 11.5. The fourth-order valence-electron chi connectivity index (χ4n) is 2.89. The van der Waals surface area contributed by atoms with Crippen LogP contribution in [0.1, 0.15) is 34.3 Å². The zero-order chi connectivity index (χ0) is 17.2. The molecule has 24 heavy (non-hydrogen) atoms. The van der Waals surface area contributed by atoms with Crippen molar-refractivity contribution < 1.29 is 22.7 Å². The van der Waals surface area contributed by atoms with E-state index in [-0.39, 0.29) is 5.75 Å². The van der Waals surface area contributed by atoms with Crippen LogP contribution in [0.2, 0.25) is 0 Å². The lowest BCUT2D eigenvalue weighted by atomic mass is 9.89. The molecule has 0 spiro atoms. The van der Waals surface area contributed by atoms with E-state index < -0.39 is 6.36 Å². The van der Waals surface area contributed by atoms with Gasteiger partial charge in [0.05, 0.1) is 0 Å². The van der Waals surface area contributed by atoms with Crippen LogP contribution in [0.3, 0.4) is 0 Å². The van der Waals surface area contributed by atoms with E-state index in [0.717, 1.165) is 43.1 Å². The molecule has 0 aliphatic heterocycles. The number of fused-ring (bicyclic) bond motifs is 1. The first-order valence-electron chi connectivity index (χ1n) is 7.55. The number of rotatable bonds is 4. The molecule has 0 unspecified atom stereocenters. The Labute approximate surface area is 136 Å². The van der Waals surface area contributed by atoms with E-state index in [1.54, 1.807) is 6.07 Å². The van der Waals surface area contributed by atoms with Gasteiger partial charge in [0, 0.05) is 23.5 Å². The molecule has 0 radical (unpaired) electrons. The van der Waals surface area contributed by atoms with Gasteiger partial charge in [0.2, 0.25) is 0 Å². The summed E-state index contributed by atoms with van der Waals surface area (Å²) in [6, 6.07) is 5.60. The van der Waals surface area contributed by atoms with Crippen molar-refractivity contribution in [1.29, 1.82) is 0 Å². The lowest BCUT2D eigenvalue weighted by Gasteiger charge is -2.21. The van der Waals surface area contributed by atoms with Crippen molar-refractivity contribution in [2.45, 2.75) is 32.0 Å². The molecule has 1 heterocycles. The number of halogens is 3. The number of anilines is 2. The summed E-state index contributed by atoms with van der Waals surface area (Å²) in [5.41, 5.74) is 2.93. The minimum atomic E-state index is -4.73. The highest BCUT2D eigenvalue weighted by atomic mass is 19.4. The molecule has 4 nitrogen and oxygen atoms in total. The van der Waals surface area contributed by atoms with Gasteiger partial charge in [-0.2, -0.15) is 0 Å². The van der Waals surface area contributed by atoms with Gasteiger partial charge in [0.1, 0.15) is 11.6 Å². The highest BCUT2D eigenvalue weighted by Crippen LogP contribution is 2.31. The predicted molar refractivity (Wildman–Crippen MR) is 82.7 cm³/mol. The number of benzene rings is 1. The minimum Gasteiger partial charge on any atom is -0.406 e. The van der Waals surface area contributed by atoms with E-state index in [0.29, 0.717) is 17.1 Å². The molecule has 2 aromatic rings.